The van der Waals surface area contributed by atoms with Gasteiger partial charge in [0.2, 0.25) is 5.91 Å². The van der Waals surface area contributed by atoms with Gasteiger partial charge < -0.3 is 9.73 Å². The van der Waals surface area contributed by atoms with Gasteiger partial charge in [-0.25, -0.2) is 0 Å². The molecule has 1 aliphatic heterocycles. The summed E-state index contributed by atoms with van der Waals surface area (Å²) in [4.78, 5) is 29.5. The SMILES string of the molecule is CCc1cccc(N2C(=O)c3cc(-c4ccco4)nn3C[C@@]2(C)C(=O)NC2CCCCCC2)c1. The van der Waals surface area contributed by atoms with Gasteiger partial charge in [0, 0.05) is 17.8 Å². The molecule has 5 rings (SSSR count). The first-order valence-corrected chi connectivity index (χ1v) is 12.4. The second kappa shape index (κ2) is 9.12. The number of aryl methyl sites for hydroxylation is 1. The molecule has 2 aliphatic rings. The van der Waals surface area contributed by atoms with Crippen LogP contribution >= 0.6 is 0 Å². The molecule has 3 heterocycles. The highest BCUT2D eigenvalue weighted by Crippen LogP contribution is 2.35. The normalized spacial score (nSPS) is 21.2. The van der Waals surface area contributed by atoms with E-state index in [0.29, 0.717) is 17.1 Å². The molecule has 0 radical (unpaired) electrons. The lowest BCUT2D eigenvalue weighted by Gasteiger charge is -2.43. The van der Waals surface area contributed by atoms with Gasteiger partial charge in [-0.2, -0.15) is 5.10 Å². The second-order valence-electron chi connectivity index (χ2n) is 9.65. The Morgan fingerprint density at radius 3 is 2.65 bits per heavy atom. The number of aromatic nitrogens is 2. The van der Waals surface area contributed by atoms with E-state index in [4.69, 9.17) is 4.42 Å². The molecule has 7 heteroatoms. The molecular formula is C27H32N4O3. The van der Waals surface area contributed by atoms with Gasteiger partial charge in [0.15, 0.2) is 5.76 Å². The molecule has 1 atom stereocenters. The van der Waals surface area contributed by atoms with Crippen LogP contribution in [0.1, 0.15) is 68.4 Å². The molecule has 0 spiro atoms. The van der Waals surface area contributed by atoms with Crippen LogP contribution in [0.3, 0.4) is 0 Å². The Kier molecular flexibility index (Phi) is 6.02. The number of carbonyl (C=O) groups excluding carboxylic acids is 2. The third kappa shape index (κ3) is 4.04. The Hall–Kier alpha value is -3.35. The molecule has 34 heavy (non-hydrogen) atoms. The Balaban J connectivity index is 1.55. The smallest absolute Gasteiger partial charge is 0.277 e. The van der Waals surface area contributed by atoms with E-state index in [0.717, 1.165) is 43.4 Å². The highest BCUT2D eigenvalue weighted by Gasteiger charge is 2.49. The van der Waals surface area contributed by atoms with Gasteiger partial charge in [0.25, 0.3) is 5.91 Å². The third-order valence-electron chi connectivity index (χ3n) is 7.18. The van der Waals surface area contributed by atoms with Crippen molar-refractivity contribution >= 4 is 17.5 Å². The van der Waals surface area contributed by atoms with Crippen molar-refractivity contribution in [3.05, 3.63) is 60.0 Å². The van der Waals surface area contributed by atoms with Crippen molar-refractivity contribution in [1.82, 2.24) is 15.1 Å². The summed E-state index contributed by atoms with van der Waals surface area (Å²) in [5, 5.41) is 7.93. The molecule has 0 saturated heterocycles. The average molecular weight is 461 g/mol. The summed E-state index contributed by atoms with van der Waals surface area (Å²) in [7, 11) is 0. The first-order chi connectivity index (χ1) is 16.5. The van der Waals surface area contributed by atoms with Crippen molar-refractivity contribution in [3.8, 4) is 11.5 Å². The minimum atomic E-state index is -1.12. The van der Waals surface area contributed by atoms with E-state index in [9.17, 15) is 9.59 Å². The number of hydrogen-bond acceptors (Lipinski definition) is 4. The number of anilines is 1. The number of fused-ring (bicyclic) bond motifs is 1. The summed E-state index contributed by atoms with van der Waals surface area (Å²) in [6.07, 6.45) is 9.07. The van der Waals surface area contributed by atoms with Gasteiger partial charge in [-0.15, -0.1) is 0 Å². The molecule has 1 fully saturated rings. The third-order valence-corrected chi connectivity index (χ3v) is 7.18. The van der Waals surface area contributed by atoms with E-state index < -0.39 is 5.54 Å². The summed E-state index contributed by atoms with van der Waals surface area (Å²) in [5.74, 6) is 0.234. The molecule has 1 N–H and O–H groups in total. The van der Waals surface area contributed by atoms with E-state index in [2.05, 4.69) is 17.3 Å². The second-order valence-corrected chi connectivity index (χ2v) is 9.65. The lowest BCUT2D eigenvalue weighted by Crippen LogP contribution is -2.65. The molecule has 1 aliphatic carbocycles. The Bertz CT molecular complexity index is 1170. The summed E-state index contributed by atoms with van der Waals surface area (Å²) >= 11 is 0. The van der Waals surface area contributed by atoms with Crippen molar-refractivity contribution in [2.45, 2.75) is 76.9 Å². The highest BCUT2D eigenvalue weighted by molar-refractivity contribution is 6.12. The Labute approximate surface area is 200 Å². The maximum Gasteiger partial charge on any atom is 0.277 e. The quantitative estimate of drug-likeness (QED) is 0.546. The standard InChI is InChI=1S/C27H32N4O3/c1-3-19-10-8-13-21(16-19)31-25(32)23-17-22(24-14-9-15-34-24)29-30(23)18-27(31,2)26(33)28-20-11-6-4-5-7-12-20/h8-10,13-17,20H,3-7,11-12,18H2,1-2H3,(H,28,33)/t27-/m0/s1. The molecule has 1 aromatic carbocycles. The predicted octanol–water partition coefficient (Wildman–Crippen LogP) is 4.96. The summed E-state index contributed by atoms with van der Waals surface area (Å²) < 4.78 is 7.17. The summed E-state index contributed by atoms with van der Waals surface area (Å²) in [6, 6.07) is 13.4. The molecule has 1 saturated carbocycles. The van der Waals surface area contributed by atoms with Crippen LogP contribution in [-0.2, 0) is 17.8 Å². The van der Waals surface area contributed by atoms with E-state index in [1.165, 1.54) is 12.8 Å². The topological polar surface area (TPSA) is 80.4 Å². The van der Waals surface area contributed by atoms with Crippen LogP contribution in [-0.4, -0.2) is 33.2 Å². The molecule has 178 valence electrons. The lowest BCUT2D eigenvalue weighted by atomic mass is 9.92. The Morgan fingerprint density at radius 1 is 1.15 bits per heavy atom. The molecule has 2 amide bonds. The number of amides is 2. The largest absolute Gasteiger partial charge is 0.463 e. The van der Waals surface area contributed by atoms with Crippen molar-refractivity contribution in [1.29, 1.82) is 0 Å². The van der Waals surface area contributed by atoms with Crippen LogP contribution in [0.4, 0.5) is 5.69 Å². The van der Waals surface area contributed by atoms with Gasteiger partial charge in [0.05, 0.1) is 12.8 Å². The fraction of sp³-hybridized carbons (Fsp3) is 0.444. The minimum absolute atomic E-state index is 0.129. The van der Waals surface area contributed by atoms with Crippen LogP contribution in [0.2, 0.25) is 0 Å². The number of rotatable bonds is 5. The van der Waals surface area contributed by atoms with Gasteiger partial charge >= 0.3 is 0 Å². The molecule has 0 unspecified atom stereocenters. The maximum atomic E-state index is 13.9. The van der Waals surface area contributed by atoms with Gasteiger partial charge in [-0.3, -0.25) is 19.2 Å². The Morgan fingerprint density at radius 2 is 1.94 bits per heavy atom. The first kappa shape index (κ1) is 22.4. The van der Waals surface area contributed by atoms with Gasteiger partial charge in [0.1, 0.15) is 16.9 Å². The number of nitrogens with zero attached hydrogens (tertiary/aromatic N) is 3. The molecule has 7 nitrogen and oxygen atoms in total. The van der Waals surface area contributed by atoms with Crippen molar-refractivity contribution < 1.29 is 14.0 Å². The predicted molar refractivity (Wildman–Crippen MR) is 131 cm³/mol. The zero-order valence-electron chi connectivity index (χ0n) is 19.9. The van der Waals surface area contributed by atoms with Gasteiger partial charge in [-0.1, -0.05) is 44.7 Å². The zero-order valence-corrected chi connectivity index (χ0v) is 19.9. The fourth-order valence-corrected chi connectivity index (χ4v) is 5.21. The van der Waals surface area contributed by atoms with Gasteiger partial charge in [-0.05, 0) is 56.0 Å². The fourth-order valence-electron chi connectivity index (χ4n) is 5.21. The van der Waals surface area contributed by atoms with E-state index in [-0.39, 0.29) is 24.4 Å². The van der Waals surface area contributed by atoms with Crippen molar-refractivity contribution in [2.75, 3.05) is 4.90 Å². The minimum Gasteiger partial charge on any atom is -0.463 e. The monoisotopic (exact) mass is 460 g/mol. The number of nitrogens with one attached hydrogen (secondary N) is 1. The van der Waals surface area contributed by atoms with E-state index in [1.54, 1.807) is 28.0 Å². The van der Waals surface area contributed by atoms with Crippen molar-refractivity contribution in [3.63, 3.8) is 0 Å². The average Bonchev–Trinajstić information content (AvgIpc) is 3.45. The molecular weight excluding hydrogens is 428 g/mol. The molecule has 2 aromatic heterocycles. The lowest BCUT2D eigenvalue weighted by molar-refractivity contribution is -0.127. The number of benzene rings is 1. The number of carbonyl (C=O) groups is 2. The van der Waals surface area contributed by atoms with Crippen LogP contribution in [0, 0.1) is 0 Å². The van der Waals surface area contributed by atoms with E-state index >= 15 is 0 Å². The first-order valence-electron chi connectivity index (χ1n) is 12.4. The number of hydrogen-bond donors (Lipinski definition) is 1. The summed E-state index contributed by atoms with van der Waals surface area (Å²) in [5.41, 5.74) is 1.77. The number of furan rings is 1. The van der Waals surface area contributed by atoms with Crippen LogP contribution in [0.25, 0.3) is 11.5 Å². The highest BCUT2D eigenvalue weighted by atomic mass is 16.3. The van der Waals surface area contributed by atoms with Crippen LogP contribution in [0.15, 0.2) is 53.1 Å². The van der Waals surface area contributed by atoms with Crippen LogP contribution < -0.4 is 10.2 Å². The molecule has 3 aromatic rings. The van der Waals surface area contributed by atoms with E-state index in [1.807, 2.05) is 37.3 Å². The van der Waals surface area contributed by atoms with Crippen molar-refractivity contribution in [2.24, 2.45) is 0 Å². The summed E-state index contributed by atoms with van der Waals surface area (Å²) in [6.45, 7) is 4.20. The molecule has 0 bridgehead atoms. The van der Waals surface area contributed by atoms with Crippen LogP contribution in [0.5, 0.6) is 0 Å². The zero-order chi connectivity index (χ0) is 23.7. The maximum absolute atomic E-state index is 13.9.